The van der Waals surface area contributed by atoms with Crippen molar-refractivity contribution in [2.45, 2.75) is 24.9 Å². The summed E-state index contributed by atoms with van der Waals surface area (Å²) in [7, 11) is 1.97. The van der Waals surface area contributed by atoms with E-state index in [4.69, 9.17) is 4.74 Å². The van der Waals surface area contributed by atoms with E-state index in [1.54, 1.807) is 6.20 Å². The molecule has 0 aliphatic carbocycles. The largest absolute Gasteiger partial charge is 0.379 e. The molecule has 3 rings (SSSR count). The van der Waals surface area contributed by atoms with Crippen LogP contribution in [-0.4, -0.2) is 71.6 Å². The summed E-state index contributed by atoms with van der Waals surface area (Å²) in [5, 5.41) is 0. The van der Waals surface area contributed by atoms with Crippen molar-refractivity contribution < 1.29 is 9.53 Å². The molecule has 23 heavy (non-hydrogen) atoms. The number of morpholine rings is 1. The van der Waals surface area contributed by atoms with Gasteiger partial charge in [0.05, 0.1) is 13.2 Å². The molecular weight excluding hydrogens is 310 g/mol. The van der Waals surface area contributed by atoms with E-state index in [2.05, 4.69) is 9.88 Å². The van der Waals surface area contributed by atoms with Gasteiger partial charge in [-0.3, -0.25) is 14.7 Å². The van der Waals surface area contributed by atoms with Crippen molar-refractivity contribution >= 4 is 17.7 Å². The molecule has 3 heterocycles. The van der Waals surface area contributed by atoms with Gasteiger partial charge in [-0.15, -0.1) is 0 Å². The number of hydrogen-bond acceptors (Lipinski definition) is 5. The van der Waals surface area contributed by atoms with Crippen molar-refractivity contribution in [1.82, 2.24) is 14.8 Å². The maximum atomic E-state index is 13.3. The van der Waals surface area contributed by atoms with Gasteiger partial charge in [0.1, 0.15) is 6.04 Å². The minimum absolute atomic E-state index is 0.191. The number of likely N-dealkylation sites (N-methyl/N-ethyl adjacent to an activating group) is 1. The second-order valence-electron chi connectivity index (χ2n) is 6.13. The van der Waals surface area contributed by atoms with Gasteiger partial charge in [-0.2, -0.15) is 11.8 Å². The van der Waals surface area contributed by atoms with Gasteiger partial charge in [0, 0.05) is 38.6 Å². The molecule has 5 nitrogen and oxygen atoms in total. The zero-order valence-corrected chi connectivity index (χ0v) is 14.5. The summed E-state index contributed by atoms with van der Waals surface area (Å²) in [6.07, 6.45) is 5.76. The minimum Gasteiger partial charge on any atom is -0.379 e. The number of carbonyl (C=O) groups is 1. The fraction of sp³-hybridized carbons (Fsp3) is 0.647. The van der Waals surface area contributed by atoms with Gasteiger partial charge in [0.25, 0.3) is 0 Å². The number of pyridine rings is 1. The second kappa shape index (κ2) is 8.13. The summed E-state index contributed by atoms with van der Waals surface area (Å²) < 4.78 is 5.46. The summed E-state index contributed by atoms with van der Waals surface area (Å²) >= 11 is 1.99. The maximum absolute atomic E-state index is 13.3. The number of rotatable bonds is 4. The van der Waals surface area contributed by atoms with Gasteiger partial charge in [-0.1, -0.05) is 6.07 Å². The van der Waals surface area contributed by atoms with E-state index in [0.29, 0.717) is 19.3 Å². The maximum Gasteiger partial charge on any atom is 0.244 e. The van der Waals surface area contributed by atoms with E-state index in [-0.39, 0.29) is 11.9 Å². The Labute approximate surface area is 142 Å². The highest BCUT2D eigenvalue weighted by molar-refractivity contribution is 7.99. The van der Waals surface area contributed by atoms with Crippen molar-refractivity contribution in [3.63, 3.8) is 0 Å². The van der Waals surface area contributed by atoms with E-state index in [1.165, 1.54) is 0 Å². The van der Waals surface area contributed by atoms with Crippen LogP contribution in [0, 0.1) is 0 Å². The molecule has 0 saturated carbocycles. The average molecular weight is 335 g/mol. The third-order valence-corrected chi connectivity index (χ3v) is 5.78. The van der Waals surface area contributed by atoms with Gasteiger partial charge in [-0.25, -0.2) is 0 Å². The Balaban J connectivity index is 1.80. The van der Waals surface area contributed by atoms with E-state index in [0.717, 1.165) is 43.0 Å². The van der Waals surface area contributed by atoms with E-state index in [1.807, 2.05) is 42.0 Å². The lowest BCUT2D eigenvalue weighted by Gasteiger charge is -2.39. The molecule has 0 aromatic carbocycles. The Bertz CT molecular complexity index is 502. The molecule has 1 aromatic rings. The first kappa shape index (κ1) is 16.7. The average Bonchev–Trinajstić information content (AvgIpc) is 2.64. The number of ether oxygens (including phenoxy) is 1. The summed E-state index contributed by atoms with van der Waals surface area (Å²) in [5.74, 6) is 2.49. The number of hydrogen-bond donors (Lipinski definition) is 0. The first-order valence-electron chi connectivity index (χ1n) is 8.33. The third-order valence-electron chi connectivity index (χ3n) is 4.73. The fourth-order valence-corrected chi connectivity index (χ4v) is 4.41. The Morgan fingerprint density at radius 2 is 2.13 bits per heavy atom. The number of carbonyl (C=O) groups excluding carboxylic acids is 1. The highest BCUT2D eigenvalue weighted by Crippen LogP contribution is 2.27. The molecule has 0 radical (unpaired) electrons. The molecule has 2 aliphatic heterocycles. The van der Waals surface area contributed by atoms with Crippen LogP contribution < -0.4 is 0 Å². The van der Waals surface area contributed by atoms with E-state index >= 15 is 0 Å². The molecule has 0 bridgehead atoms. The van der Waals surface area contributed by atoms with Gasteiger partial charge in [0.15, 0.2) is 0 Å². The summed E-state index contributed by atoms with van der Waals surface area (Å²) in [6, 6.07) is 4.04. The molecule has 2 fully saturated rings. The SMILES string of the molecule is CN(C(=O)[C@@H](c1cccnc1)N1CCOCC1)C1CCSCC1. The number of thioether (sulfide) groups is 1. The zero-order valence-electron chi connectivity index (χ0n) is 13.7. The second-order valence-corrected chi connectivity index (χ2v) is 7.35. The Morgan fingerprint density at radius 3 is 2.78 bits per heavy atom. The molecule has 2 saturated heterocycles. The number of aromatic nitrogens is 1. The number of nitrogens with zero attached hydrogens (tertiary/aromatic N) is 3. The lowest BCUT2D eigenvalue weighted by molar-refractivity contribution is -0.140. The van der Waals surface area contributed by atoms with Gasteiger partial charge in [-0.05, 0) is 36.0 Å². The molecule has 6 heteroatoms. The fourth-order valence-electron chi connectivity index (χ4n) is 3.33. The summed E-state index contributed by atoms with van der Waals surface area (Å²) in [5.41, 5.74) is 0.983. The molecule has 2 aliphatic rings. The topological polar surface area (TPSA) is 45.7 Å². The molecule has 0 spiro atoms. The Morgan fingerprint density at radius 1 is 1.39 bits per heavy atom. The van der Waals surface area contributed by atoms with Crippen LogP contribution in [0.3, 0.4) is 0 Å². The Kier molecular flexibility index (Phi) is 5.91. The predicted molar refractivity (Wildman–Crippen MR) is 92.5 cm³/mol. The summed E-state index contributed by atoms with van der Waals surface area (Å²) in [6.45, 7) is 2.96. The van der Waals surface area contributed by atoms with Crippen LogP contribution in [0.5, 0.6) is 0 Å². The van der Waals surface area contributed by atoms with E-state index in [9.17, 15) is 4.79 Å². The van der Waals surface area contributed by atoms with Crippen molar-refractivity contribution in [3.8, 4) is 0 Å². The van der Waals surface area contributed by atoms with Crippen molar-refractivity contribution in [2.24, 2.45) is 0 Å². The van der Waals surface area contributed by atoms with Crippen LogP contribution in [0.2, 0.25) is 0 Å². The van der Waals surface area contributed by atoms with Crippen molar-refractivity contribution in [1.29, 1.82) is 0 Å². The van der Waals surface area contributed by atoms with Crippen molar-refractivity contribution in [2.75, 3.05) is 44.9 Å². The molecule has 1 amide bonds. The highest BCUT2D eigenvalue weighted by atomic mass is 32.2. The quantitative estimate of drug-likeness (QED) is 0.840. The van der Waals surface area contributed by atoms with Crippen LogP contribution in [0.4, 0.5) is 0 Å². The molecule has 1 aromatic heterocycles. The van der Waals surface area contributed by atoms with Gasteiger partial charge >= 0.3 is 0 Å². The Hall–Kier alpha value is -1.11. The minimum atomic E-state index is -0.243. The van der Waals surface area contributed by atoms with Gasteiger partial charge in [0.2, 0.25) is 5.91 Å². The molecule has 1 atom stereocenters. The van der Waals surface area contributed by atoms with Crippen LogP contribution in [-0.2, 0) is 9.53 Å². The first-order valence-corrected chi connectivity index (χ1v) is 9.49. The molecule has 0 N–H and O–H groups in total. The predicted octanol–water partition coefficient (Wildman–Crippen LogP) is 1.81. The molecular formula is C17H25N3O2S. The third kappa shape index (κ3) is 4.05. The zero-order chi connectivity index (χ0) is 16.1. The monoisotopic (exact) mass is 335 g/mol. The smallest absolute Gasteiger partial charge is 0.244 e. The molecule has 126 valence electrons. The van der Waals surface area contributed by atoms with Gasteiger partial charge < -0.3 is 9.64 Å². The normalized spacial score (nSPS) is 21.8. The van der Waals surface area contributed by atoms with Crippen LogP contribution in [0.25, 0.3) is 0 Å². The van der Waals surface area contributed by atoms with Crippen molar-refractivity contribution in [3.05, 3.63) is 30.1 Å². The van der Waals surface area contributed by atoms with E-state index < -0.39 is 0 Å². The summed E-state index contributed by atoms with van der Waals surface area (Å²) in [4.78, 5) is 21.7. The van der Waals surface area contributed by atoms with Crippen LogP contribution in [0.15, 0.2) is 24.5 Å². The first-order chi connectivity index (χ1) is 11.3. The lowest BCUT2D eigenvalue weighted by Crippen LogP contribution is -2.49. The lowest BCUT2D eigenvalue weighted by atomic mass is 10.0. The molecule has 0 unspecified atom stereocenters. The standard InChI is InChI=1S/C17H25N3O2S/c1-19(15-4-11-23-12-5-15)17(21)16(14-3-2-6-18-13-14)20-7-9-22-10-8-20/h2-3,6,13,15-16H,4-5,7-12H2,1H3/t16-/m1/s1. The van der Waals surface area contributed by atoms with Crippen LogP contribution >= 0.6 is 11.8 Å². The highest BCUT2D eigenvalue weighted by Gasteiger charge is 2.34. The van der Waals surface area contributed by atoms with Crippen LogP contribution in [0.1, 0.15) is 24.4 Å². The number of amides is 1.